The number of hydrogen-bond donors (Lipinski definition) is 2. The van der Waals surface area contributed by atoms with Gasteiger partial charge < -0.3 is 10.6 Å². The molecule has 1 aromatic heterocycles. The number of fused-ring (bicyclic) bond motifs is 1. The van der Waals surface area contributed by atoms with Crippen molar-refractivity contribution in [1.29, 1.82) is 0 Å². The highest BCUT2D eigenvalue weighted by atomic mass is 35.5. The quantitative estimate of drug-likeness (QED) is 0.775. The Morgan fingerprint density at radius 2 is 1.92 bits per heavy atom. The van der Waals surface area contributed by atoms with Gasteiger partial charge >= 0.3 is 0 Å². The van der Waals surface area contributed by atoms with Crippen LogP contribution >= 0.6 is 11.6 Å². The summed E-state index contributed by atoms with van der Waals surface area (Å²) < 4.78 is 0. The average Bonchev–Trinajstić information content (AvgIpc) is 2.85. The minimum Gasteiger partial charge on any atom is -0.378 e. The van der Waals surface area contributed by atoms with Crippen molar-refractivity contribution in [3.63, 3.8) is 0 Å². The smallest absolute Gasteiger partial charge is 0.0640 e. The van der Waals surface area contributed by atoms with E-state index in [-0.39, 0.29) is 0 Å². The number of benzene rings is 1. The van der Waals surface area contributed by atoms with Gasteiger partial charge in [0.2, 0.25) is 0 Å². The van der Waals surface area contributed by atoms with Crippen LogP contribution in [0.15, 0.2) is 30.5 Å². The Morgan fingerprint density at radius 3 is 2.65 bits per heavy atom. The minimum absolute atomic E-state index is 0.358. The maximum Gasteiger partial charge on any atom is 0.0640 e. The molecule has 0 fully saturated rings. The van der Waals surface area contributed by atoms with Gasteiger partial charge in [-0.05, 0) is 73.0 Å². The Labute approximate surface area is 162 Å². The number of nitrogens with zero attached hydrogens (tertiary/aromatic N) is 1. The SMILES string of the molecule is CC(C)(C)CCc1ccc(CNc2c(Cl)ccc3c2CCNCC3)nc1. The van der Waals surface area contributed by atoms with E-state index in [0.717, 1.165) is 48.8 Å². The van der Waals surface area contributed by atoms with Crippen LogP contribution in [-0.4, -0.2) is 18.1 Å². The molecule has 1 aliphatic rings. The highest BCUT2D eigenvalue weighted by Gasteiger charge is 2.15. The topological polar surface area (TPSA) is 37.0 Å². The highest BCUT2D eigenvalue weighted by molar-refractivity contribution is 6.33. The lowest BCUT2D eigenvalue weighted by Crippen LogP contribution is -2.16. The van der Waals surface area contributed by atoms with Crippen molar-refractivity contribution in [1.82, 2.24) is 10.3 Å². The Hall–Kier alpha value is -1.58. The maximum atomic E-state index is 6.49. The van der Waals surface area contributed by atoms with Crippen molar-refractivity contribution >= 4 is 17.3 Å². The number of nitrogens with one attached hydrogen (secondary N) is 2. The Balaban J connectivity index is 1.66. The van der Waals surface area contributed by atoms with Gasteiger partial charge in [0.25, 0.3) is 0 Å². The number of rotatable bonds is 5. The standard InChI is InChI=1S/C22H30ClN3/c1-22(2,3)11-8-16-4-6-18(25-14-16)15-26-21-19-10-13-24-12-9-17(19)5-7-20(21)23/h4-7,14,24,26H,8-13,15H2,1-3H3. The fraction of sp³-hybridized carbons (Fsp3) is 0.500. The Kier molecular flexibility index (Phi) is 6.20. The van der Waals surface area contributed by atoms with E-state index in [1.165, 1.54) is 23.1 Å². The molecule has 4 heteroatoms. The zero-order chi connectivity index (χ0) is 18.6. The molecule has 0 bridgehead atoms. The van der Waals surface area contributed by atoms with Crippen LogP contribution in [0.3, 0.4) is 0 Å². The fourth-order valence-electron chi connectivity index (χ4n) is 3.34. The van der Waals surface area contributed by atoms with E-state index in [2.05, 4.69) is 54.6 Å². The van der Waals surface area contributed by atoms with E-state index in [1.54, 1.807) is 0 Å². The van der Waals surface area contributed by atoms with Crippen molar-refractivity contribution < 1.29 is 0 Å². The summed E-state index contributed by atoms with van der Waals surface area (Å²) in [5.74, 6) is 0. The van der Waals surface area contributed by atoms with Crippen molar-refractivity contribution in [2.24, 2.45) is 5.41 Å². The third-order valence-corrected chi connectivity index (χ3v) is 5.29. The first kappa shape index (κ1) is 19.2. The monoisotopic (exact) mass is 371 g/mol. The summed E-state index contributed by atoms with van der Waals surface area (Å²) >= 11 is 6.49. The molecule has 0 aliphatic carbocycles. The molecule has 0 amide bonds. The molecule has 2 N–H and O–H groups in total. The predicted molar refractivity (Wildman–Crippen MR) is 111 cm³/mol. The van der Waals surface area contributed by atoms with Gasteiger partial charge in [-0.2, -0.15) is 0 Å². The van der Waals surface area contributed by atoms with E-state index in [4.69, 9.17) is 11.6 Å². The van der Waals surface area contributed by atoms with Crippen molar-refractivity contribution in [2.45, 2.75) is 53.0 Å². The molecule has 3 nitrogen and oxygen atoms in total. The highest BCUT2D eigenvalue weighted by Crippen LogP contribution is 2.31. The zero-order valence-electron chi connectivity index (χ0n) is 16.2. The van der Waals surface area contributed by atoms with Gasteiger partial charge in [0, 0.05) is 6.20 Å². The van der Waals surface area contributed by atoms with E-state index in [1.807, 2.05) is 12.3 Å². The second kappa shape index (κ2) is 8.41. The lowest BCUT2D eigenvalue weighted by Gasteiger charge is -2.18. The van der Waals surface area contributed by atoms with Crippen LogP contribution in [0.25, 0.3) is 0 Å². The molecule has 26 heavy (non-hydrogen) atoms. The molecule has 0 unspecified atom stereocenters. The van der Waals surface area contributed by atoms with E-state index in [9.17, 15) is 0 Å². The number of hydrogen-bond acceptors (Lipinski definition) is 3. The Bertz CT molecular complexity index is 732. The molecular formula is C22H30ClN3. The van der Waals surface area contributed by atoms with Crippen LogP contribution < -0.4 is 10.6 Å². The molecule has 3 rings (SSSR count). The second-order valence-corrected chi connectivity index (χ2v) is 8.79. The molecule has 0 radical (unpaired) electrons. The number of anilines is 1. The second-order valence-electron chi connectivity index (χ2n) is 8.38. The van der Waals surface area contributed by atoms with E-state index in [0.29, 0.717) is 12.0 Å². The Morgan fingerprint density at radius 1 is 1.12 bits per heavy atom. The molecule has 0 saturated heterocycles. The number of pyridine rings is 1. The van der Waals surface area contributed by atoms with Crippen LogP contribution in [0.5, 0.6) is 0 Å². The summed E-state index contributed by atoms with van der Waals surface area (Å²) in [6.07, 6.45) is 6.33. The molecule has 1 aromatic carbocycles. The number of aryl methyl sites for hydroxylation is 1. The zero-order valence-corrected chi connectivity index (χ0v) is 16.9. The summed E-state index contributed by atoms with van der Waals surface area (Å²) in [6, 6.07) is 8.50. The molecule has 0 saturated carbocycles. The summed E-state index contributed by atoms with van der Waals surface area (Å²) in [6.45, 7) is 9.57. The third-order valence-electron chi connectivity index (χ3n) is 4.98. The van der Waals surface area contributed by atoms with Gasteiger partial charge in [-0.3, -0.25) is 4.98 Å². The first-order valence-corrected chi connectivity index (χ1v) is 9.99. The molecule has 2 heterocycles. The third kappa shape index (κ3) is 5.21. The largest absolute Gasteiger partial charge is 0.378 e. The lowest BCUT2D eigenvalue weighted by molar-refractivity contribution is 0.378. The molecule has 0 spiro atoms. The van der Waals surface area contributed by atoms with Gasteiger partial charge in [-0.25, -0.2) is 0 Å². The first-order valence-electron chi connectivity index (χ1n) is 9.61. The molecular weight excluding hydrogens is 342 g/mol. The summed E-state index contributed by atoms with van der Waals surface area (Å²) in [5.41, 5.74) is 6.53. The normalized spacial score (nSPS) is 14.6. The average molecular weight is 372 g/mol. The van der Waals surface area contributed by atoms with Gasteiger partial charge in [0.05, 0.1) is 22.9 Å². The lowest BCUT2D eigenvalue weighted by atomic mass is 9.89. The molecule has 140 valence electrons. The molecule has 0 atom stereocenters. The van der Waals surface area contributed by atoms with Gasteiger partial charge in [-0.15, -0.1) is 0 Å². The molecule has 1 aliphatic heterocycles. The maximum absolute atomic E-state index is 6.49. The fourth-order valence-corrected chi connectivity index (χ4v) is 3.58. The molecule has 2 aromatic rings. The van der Waals surface area contributed by atoms with Crippen molar-refractivity contribution in [3.8, 4) is 0 Å². The predicted octanol–water partition coefficient (Wildman–Crippen LogP) is 5.01. The van der Waals surface area contributed by atoms with Gasteiger partial charge in [0.15, 0.2) is 0 Å². The van der Waals surface area contributed by atoms with Crippen molar-refractivity contribution in [3.05, 3.63) is 57.9 Å². The van der Waals surface area contributed by atoms with E-state index >= 15 is 0 Å². The summed E-state index contributed by atoms with van der Waals surface area (Å²) in [5, 5.41) is 7.80. The van der Waals surface area contributed by atoms with Crippen LogP contribution in [0, 0.1) is 5.41 Å². The number of halogens is 1. The minimum atomic E-state index is 0.358. The van der Waals surface area contributed by atoms with Gasteiger partial charge in [-0.1, -0.05) is 44.5 Å². The van der Waals surface area contributed by atoms with Crippen LogP contribution in [0.1, 0.15) is 49.6 Å². The van der Waals surface area contributed by atoms with Crippen LogP contribution in [-0.2, 0) is 25.8 Å². The summed E-state index contributed by atoms with van der Waals surface area (Å²) in [7, 11) is 0. The van der Waals surface area contributed by atoms with Crippen LogP contribution in [0.2, 0.25) is 5.02 Å². The van der Waals surface area contributed by atoms with Crippen molar-refractivity contribution in [2.75, 3.05) is 18.4 Å². The van der Waals surface area contributed by atoms with Crippen LogP contribution in [0.4, 0.5) is 5.69 Å². The first-order chi connectivity index (χ1) is 12.4. The number of aromatic nitrogens is 1. The van der Waals surface area contributed by atoms with E-state index < -0.39 is 0 Å². The van der Waals surface area contributed by atoms with Gasteiger partial charge in [0.1, 0.15) is 0 Å². The summed E-state index contributed by atoms with van der Waals surface area (Å²) in [4.78, 5) is 4.64.